The van der Waals surface area contributed by atoms with E-state index in [1.807, 2.05) is 0 Å². The SMILES string of the molecule is NC(=O)C1CCN(c2nc(C(=O)O)co2)C1. The number of amides is 1. The van der Waals surface area contributed by atoms with E-state index in [1.54, 1.807) is 4.90 Å². The summed E-state index contributed by atoms with van der Waals surface area (Å²) in [7, 11) is 0. The zero-order chi connectivity index (χ0) is 11.7. The molecule has 1 aliphatic heterocycles. The van der Waals surface area contributed by atoms with Crippen LogP contribution in [-0.2, 0) is 4.79 Å². The summed E-state index contributed by atoms with van der Waals surface area (Å²) in [4.78, 5) is 27.0. The van der Waals surface area contributed by atoms with E-state index in [0.29, 0.717) is 19.5 Å². The Kier molecular flexibility index (Phi) is 2.51. The third-order valence-corrected chi connectivity index (χ3v) is 2.57. The minimum Gasteiger partial charge on any atom is -0.476 e. The van der Waals surface area contributed by atoms with Gasteiger partial charge in [-0.1, -0.05) is 0 Å². The predicted octanol–water partition coefficient (Wildman–Crippen LogP) is -0.316. The Bertz CT molecular complexity index is 428. The number of rotatable bonds is 3. The standard InChI is InChI=1S/C9H11N3O4/c10-7(13)5-1-2-12(3-5)9-11-6(4-16-9)8(14)15/h4-5H,1-3H2,(H2,10,13)(H,14,15). The maximum atomic E-state index is 10.9. The molecule has 1 amide bonds. The molecule has 7 heteroatoms. The summed E-state index contributed by atoms with van der Waals surface area (Å²) in [6.45, 7) is 1.02. The van der Waals surface area contributed by atoms with Crippen LogP contribution in [0.15, 0.2) is 10.7 Å². The van der Waals surface area contributed by atoms with Gasteiger partial charge in [0.25, 0.3) is 6.01 Å². The number of carbonyl (C=O) groups excluding carboxylic acids is 1. The van der Waals surface area contributed by atoms with E-state index in [9.17, 15) is 9.59 Å². The first-order valence-electron chi connectivity index (χ1n) is 4.81. The van der Waals surface area contributed by atoms with Crippen LogP contribution in [0.2, 0.25) is 0 Å². The lowest BCUT2D eigenvalue weighted by Gasteiger charge is -2.11. The number of carboxylic acid groups (broad SMARTS) is 1. The van der Waals surface area contributed by atoms with Crippen LogP contribution in [-0.4, -0.2) is 35.1 Å². The average Bonchev–Trinajstić information content (AvgIpc) is 2.86. The van der Waals surface area contributed by atoms with E-state index in [2.05, 4.69) is 4.98 Å². The first-order valence-corrected chi connectivity index (χ1v) is 4.81. The molecule has 0 aromatic carbocycles. The minimum absolute atomic E-state index is 0.141. The second-order valence-electron chi connectivity index (χ2n) is 3.65. The van der Waals surface area contributed by atoms with Crippen molar-refractivity contribution in [1.29, 1.82) is 0 Å². The lowest BCUT2D eigenvalue weighted by molar-refractivity contribution is -0.121. The molecule has 1 atom stereocenters. The summed E-state index contributed by atoms with van der Waals surface area (Å²) < 4.78 is 5.02. The Balaban J connectivity index is 2.08. The molecule has 0 radical (unpaired) electrons. The van der Waals surface area contributed by atoms with Crippen LogP contribution in [0, 0.1) is 5.92 Å². The van der Waals surface area contributed by atoms with Gasteiger partial charge in [-0.3, -0.25) is 4.79 Å². The molecule has 7 nitrogen and oxygen atoms in total. The van der Waals surface area contributed by atoms with Crippen molar-refractivity contribution >= 4 is 17.9 Å². The molecule has 2 heterocycles. The number of carbonyl (C=O) groups is 2. The molecule has 86 valence electrons. The number of primary amides is 1. The first kappa shape index (κ1) is 10.5. The smallest absolute Gasteiger partial charge is 0.357 e. The summed E-state index contributed by atoms with van der Waals surface area (Å²) >= 11 is 0. The third-order valence-electron chi connectivity index (χ3n) is 2.57. The molecule has 1 fully saturated rings. The van der Waals surface area contributed by atoms with Crippen LogP contribution in [0.4, 0.5) is 6.01 Å². The summed E-state index contributed by atoms with van der Waals surface area (Å²) in [6, 6.07) is 0.223. The maximum absolute atomic E-state index is 10.9. The summed E-state index contributed by atoms with van der Waals surface area (Å²) in [6.07, 6.45) is 1.72. The van der Waals surface area contributed by atoms with Crippen molar-refractivity contribution in [1.82, 2.24) is 4.98 Å². The first-order chi connectivity index (χ1) is 7.58. The van der Waals surface area contributed by atoms with Gasteiger partial charge in [0.05, 0.1) is 5.92 Å². The number of aromatic carboxylic acids is 1. The highest BCUT2D eigenvalue weighted by atomic mass is 16.4. The van der Waals surface area contributed by atoms with Crippen molar-refractivity contribution in [2.45, 2.75) is 6.42 Å². The van der Waals surface area contributed by atoms with Crippen LogP contribution in [0.3, 0.4) is 0 Å². The summed E-state index contributed by atoms with van der Waals surface area (Å²) in [5.41, 5.74) is 5.04. The molecular weight excluding hydrogens is 214 g/mol. The number of anilines is 1. The van der Waals surface area contributed by atoms with E-state index in [1.165, 1.54) is 0 Å². The van der Waals surface area contributed by atoms with E-state index in [4.69, 9.17) is 15.3 Å². The Morgan fingerprint density at radius 2 is 2.38 bits per heavy atom. The Morgan fingerprint density at radius 1 is 1.62 bits per heavy atom. The summed E-state index contributed by atoms with van der Waals surface area (Å²) in [5, 5.41) is 8.67. The van der Waals surface area contributed by atoms with Gasteiger partial charge < -0.3 is 20.2 Å². The number of nitrogens with zero attached hydrogens (tertiary/aromatic N) is 2. The zero-order valence-corrected chi connectivity index (χ0v) is 8.42. The molecule has 0 saturated carbocycles. The number of hydrogen-bond donors (Lipinski definition) is 2. The number of oxazole rings is 1. The second kappa shape index (κ2) is 3.84. The van der Waals surface area contributed by atoms with Crippen LogP contribution in [0.25, 0.3) is 0 Å². The van der Waals surface area contributed by atoms with Crippen molar-refractivity contribution in [3.8, 4) is 0 Å². The molecule has 1 unspecified atom stereocenters. The van der Waals surface area contributed by atoms with Gasteiger partial charge in [0.2, 0.25) is 5.91 Å². The molecule has 1 aromatic heterocycles. The Hall–Kier alpha value is -2.05. The fraction of sp³-hybridized carbons (Fsp3) is 0.444. The van der Waals surface area contributed by atoms with Gasteiger partial charge in [-0.15, -0.1) is 0 Å². The van der Waals surface area contributed by atoms with E-state index < -0.39 is 5.97 Å². The van der Waals surface area contributed by atoms with Crippen LogP contribution < -0.4 is 10.6 Å². The van der Waals surface area contributed by atoms with Gasteiger partial charge in [-0.05, 0) is 6.42 Å². The highest BCUT2D eigenvalue weighted by Crippen LogP contribution is 2.22. The minimum atomic E-state index is -1.14. The normalized spacial score (nSPS) is 20.0. The number of nitrogens with two attached hydrogens (primary N) is 1. The van der Waals surface area contributed by atoms with Crippen LogP contribution in [0.1, 0.15) is 16.9 Å². The quantitative estimate of drug-likeness (QED) is 0.729. The zero-order valence-electron chi connectivity index (χ0n) is 8.42. The van der Waals surface area contributed by atoms with Gasteiger partial charge >= 0.3 is 5.97 Å². The fourth-order valence-corrected chi connectivity index (χ4v) is 1.67. The van der Waals surface area contributed by atoms with Gasteiger partial charge in [0, 0.05) is 13.1 Å². The van der Waals surface area contributed by atoms with E-state index in [-0.39, 0.29) is 23.5 Å². The van der Waals surface area contributed by atoms with E-state index >= 15 is 0 Å². The lowest BCUT2D eigenvalue weighted by Crippen LogP contribution is -2.27. The molecular formula is C9H11N3O4. The molecule has 1 aliphatic rings. The van der Waals surface area contributed by atoms with Crippen molar-refractivity contribution in [2.75, 3.05) is 18.0 Å². The number of carboxylic acids is 1. The highest BCUT2D eigenvalue weighted by molar-refractivity contribution is 5.85. The van der Waals surface area contributed by atoms with Crippen molar-refractivity contribution in [2.24, 2.45) is 11.7 Å². The average molecular weight is 225 g/mol. The van der Waals surface area contributed by atoms with E-state index in [0.717, 1.165) is 6.26 Å². The van der Waals surface area contributed by atoms with Gasteiger partial charge in [0.15, 0.2) is 5.69 Å². The van der Waals surface area contributed by atoms with Crippen LogP contribution in [0.5, 0.6) is 0 Å². The molecule has 0 spiro atoms. The van der Waals surface area contributed by atoms with Gasteiger partial charge in [-0.2, -0.15) is 4.98 Å². The predicted molar refractivity (Wildman–Crippen MR) is 53.0 cm³/mol. The lowest BCUT2D eigenvalue weighted by atomic mass is 10.1. The largest absolute Gasteiger partial charge is 0.476 e. The Morgan fingerprint density at radius 3 is 2.88 bits per heavy atom. The van der Waals surface area contributed by atoms with Gasteiger partial charge in [-0.25, -0.2) is 4.79 Å². The van der Waals surface area contributed by atoms with Crippen molar-refractivity contribution in [3.63, 3.8) is 0 Å². The summed E-state index contributed by atoms with van der Waals surface area (Å²) in [5.74, 6) is -1.71. The fourth-order valence-electron chi connectivity index (χ4n) is 1.67. The van der Waals surface area contributed by atoms with Gasteiger partial charge in [0.1, 0.15) is 6.26 Å². The molecule has 1 aromatic rings. The topological polar surface area (TPSA) is 110 Å². The highest BCUT2D eigenvalue weighted by Gasteiger charge is 2.29. The Labute approximate surface area is 90.8 Å². The number of hydrogen-bond acceptors (Lipinski definition) is 5. The molecule has 16 heavy (non-hydrogen) atoms. The second-order valence-corrected chi connectivity index (χ2v) is 3.65. The molecule has 2 rings (SSSR count). The molecule has 0 aliphatic carbocycles. The van der Waals surface area contributed by atoms with Crippen LogP contribution >= 0.6 is 0 Å². The molecule has 1 saturated heterocycles. The number of aromatic nitrogens is 1. The van der Waals surface area contributed by atoms with Crippen molar-refractivity contribution < 1.29 is 19.1 Å². The third kappa shape index (κ3) is 1.83. The monoisotopic (exact) mass is 225 g/mol. The molecule has 0 bridgehead atoms. The van der Waals surface area contributed by atoms with Crippen molar-refractivity contribution in [3.05, 3.63) is 12.0 Å². The maximum Gasteiger partial charge on any atom is 0.357 e. The molecule has 3 N–H and O–H groups in total.